The molecule has 0 bridgehead atoms. The van der Waals surface area contributed by atoms with E-state index in [0.29, 0.717) is 0 Å². The molecule has 0 aliphatic rings. The van der Waals surface area contributed by atoms with E-state index in [9.17, 15) is 0 Å². The first-order valence-corrected chi connectivity index (χ1v) is 11.4. The second-order valence-electron chi connectivity index (χ2n) is 8.29. The van der Waals surface area contributed by atoms with Crippen molar-refractivity contribution < 1.29 is 0 Å². The fourth-order valence-corrected chi connectivity index (χ4v) is 4.02. The molecule has 0 aromatic heterocycles. The van der Waals surface area contributed by atoms with Crippen LogP contribution in [0.1, 0.15) is 46.2 Å². The van der Waals surface area contributed by atoms with Gasteiger partial charge in [-0.1, -0.05) is 122 Å². The van der Waals surface area contributed by atoms with E-state index in [1.165, 1.54) is 46.2 Å². The summed E-state index contributed by atoms with van der Waals surface area (Å²) in [4.78, 5) is 0. The summed E-state index contributed by atoms with van der Waals surface area (Å²) in [6.45, 7) is 8.53. The maximum atomic E-state index is 4.26. The van der Waals surface area contributed by atoms with Crippen molar-refractivity contribution in [3.05, 3.63) is 156 Å². The van der Waals surface area contributed by atoms with Crippen LogP contribution in [0.4, 0.5) is 0 Å². The van der Waals surface area contributed by atoms with Crippen molar-refractivity contribution in [3.8, 4) is 0 Å². The zero-order valence-electron chi connectivity index (χ0n) is 18.6. The van der Waals surface area contributed by atoms with Crippen LogP contribution in [0.15, 0.2) is 122 Å². The minimum Gasteiger partial charge on any atom is -0.0906 e. The van der Waals surface area contributed by atoms with Crippen LogP contribution >= 0.6 is 0 Å². The van der Waals surface area contributed by atoms with Crippen LogP contribution < -0.4 is 0 Å². The van der Waals surface area contributed by atoms with Crippen LogP contribution in [-0.4, -0.2) is 0 Å². The molecule has 0 radical (unpaired) electrons. The third kappa shape index (κ3) is 5.53. The molecule has 0 aliphatic carbocycles. The van der Waals surface area contributed by atoms with Gasteiger partial charge in [-0.15, -0.1) is 0 Å². The summed E-state index contributed by atoms with van der Waals surface area (Å²) in [6.07, 6.45) is 4.61. The lowest BCUT2D eigenvalue weighted by molar-refractivity contribution is 0.734. The van der Waals surface area contributed by atoms with Gasteiger partial charge in [-0.05, 0) is 70.2 Å². The Morgan fingerprint density at radius 2 is 0.719 bits per heavy atom. The Bertz CT molecular complexity index is 1050. The first-order valence-electron chi connectivity index (χ1n) is 11.4. The Labute approximate surface area is 192 Å². The van der Waals surface area contributed by atoms with E-state index >= 15 is 0 Å². The van der Waals surface area contributed by atoms with Gasteiger partial charge >= 0.3 is 0 Å². The third-order valence-electron chi connectivity index (χ3n) is 6.03. The van der Waals surface area contributed by atoms with Crippen LogP contribution in [0, 0.1) is 0 Å². The lowest BCUT2D eigenvalue weighted by Crippen LogP contribution is -1.92. The van der Waals surface area contributed by atoms with Gasteiger partial charge < -0.3 is 0 Å². The highest BCUT2D eigenvalue weighted by molar-refractivity contribution is 5.78. The minimum absolute atomic E-state index is 1.08. The zero-order valence-corrected chi connectivity index (χ0v) is 18.6. The predicted molar refractivity (Wildman–Crippen MR) is 139 cm³/mol. The van der Waals surface area contributed by atoms with Gasteiger partial charge in [-0.3, -0.25) is 0 Å². The van der Waals surface area contributed by atoms with Crippen molar-refractivity contribution >= 4 is 11.1 Å². The average Bonchev–Trinajstić information content (AvgIpc) is 2.87. The molecule has 0 amide bonds. The Morgan fingerprint density at radius 1 is 0.406 bits per heavy atom. The average molecular weight is 415 g/mol. The minimum atomic E-state index is 1.08. The summed E-state index contributed by atoms with van der Waals surface area (Å²) >= 11 is 0. The van der Waals surface area contributed by atoms with E-state index in [4.69, 9.17) is 0 Å². The van der Waals surface area contributed by atoms with Crippen LogP contribution in [0.2, 0.25) is 0 Å². The maximum absolute atomic E-state index is 4.26. The molecule has 0 spiro atoms. The molecule has 0 heteroatoms. The van der Waals surface area contributed by atoms with Crippen molar-refractivity contribution in [1.29, 1.82) is 0 Å². The molecule has 0 atom stereocenters. The number of rotatable bonds is 9. The van der Waals surface area contributed by atoms with Crippen molar-refractivity contribution in [2.45, 2.75) is 25.7 Å². The van der Waals surface area contributed by atoms with Crippen molar-refractivity contribution in [2.75, 3.05) is 0 Å². The monoisotopic (exact) mass is 414 g/mol. The summed E-state index contributed by atoms with van der Waals surface area (Å²) in [7, 11) is 0. The summed E-state index contributed by atoms with van der Waals surface area (Å²) < 4.78 is 0. The largest absolute Gasteiger partial charge is 0.0906 e. The van der Waals surface area contributed by atoms with E-state index in [1.807, 2.05) is 12.1 Å². The fourth-order valence-electron chi connectivity index (χ4n) is 4.02. The first kappa shape index (κ1) is 21.6. The van der Waals surface area contributed by atoms with E-state index < -0.39 is 0 Å². The van der Waals surface area contributed by atoms with Crippen LogP contribution in [0.5, 0.6) is 0 Å². The van der Waals surface area contributed by atoms with E-state index in [2.05, 4.69) is 110 Å². The van der Waals surface area contributed by atoms with Crippen molar-refractivity contribution in [3.63, 3.8) is 0 Å². The normalized spacial score (nSPS) is 10.6. The molecule has 0 heterocycles. The smallest absolute Gasteiger partial charge is 0.0183 e. The highest BCUT2D eigenvalue weighted by Gasteiger charge is 2.04. The standard InChI is InChI=1S/C32H30/c1-25(29-13-5-3-6-14-29)31-21-17-27(18-22-31)11-9-10-12-28-19-23-32(24-20-28)26(2)30-15-7-4-8-16-30/h3-8,13-24H,1-2,9-12H2. The van der Waals surface area contributed by atoms with Gasteiger partial charge in [-0.25, -0.2) is 0 Å². The van der Waals surface area contributed by atoms with E-state index in [1.54, 1.807) is 0 Å². The summed E-state index contributed by atoms with van der Waals surface area (Å²) in [5.74, 6) is 0. The quantitative estimate of drug-likeness (QED) is 0.241. The Kier molecular flexibility index (Phi) is 7.15. The lowest BCUT2D eigenvalue weighted by atomic mass is 9.96. The molecule has 0 nitrogen and oxygen atoms in total. The first-order chi connectivity index (χ1) is 15.7. The second kappa shape index (κ2) is 10.6. The molecule has 0 unspecified atom stereocenters. The molecule has 0 saturated carbocycles. The summed E-state index contributed by atoms with van der Waals surface area (Å²) in [5, 5.41) is 0. The Morgan fingerprint density at radius 3 is 1.06 bits per heavy atom. The summed E-state index contributed by atoms with van der Waals surface area (Å²) in [5.41, 5.74) is 9.69. The molecule has 0 fully saturated rings. The summed E-state index contributed by atoms with van der Waals surface area (Å²) in [6, 6.07) is 38.5. The highest BCUT2D eigenvalue weighted by Crippen LogP contribution is 2.23. The molecular weight excluding hydrogens is 384 g/mol. The Hall–Kier alpha value is -3.64. The van der Waals surface area contributed by atoms with Crippen molar-refractivity contribution in [1.82, 2.24) is 0 Å². The molecule has 4 aromatic carbocycles. The van der Waals surface area contributed by atoms with Gasteiger partial charge in [0.05, 0.1) is 0 Å². The van der Waals surface area contributed by atoms with Crippen LogP contribution in [-0.2, 0) is 12.8 Å². The molecule has 4 aromatic rings. The Balaban J connectivity index is 1.25. The molecule has 158 valence electrons. The van der Waals surface area contributed by atoms with E-state index in [0.717, 1.165) is 24.0 Å². The van der Waals surface area contributed by atoms with E-state index in [-0.39, 0.29) is 0 Å². The second-order valence-corrected chi connectivity index (χ2v) is 8.29. The zero-order chi connectivity index (χ0) is 22.2. The number of benzene rings is 4. The number of hydrogen-bond donors (Lipinski definition) is 0. The maximum Gasteiger partial charge on any atom is -0.0183 e. The van der Waals surface area contributed by atoms with Gasteiger partial charge in [0.25, 0.3) is 0 Å². The molecule has 32 heavy (non-hydrogen) atoms. The SMILES string of the molecule is C=C(c1ccccc1)c1ccc(CCCCc2ccc(C(=C)c3ccccc3)cc2)cc1. The van der Waals surface area contributed by atoms with Gasteiger partial charge in [0.1, 0.15) is 0 Å². The molecule has 0 aliphatic heterocycles. The van der Waals surface area contributed by atoms with Crippen LogP contribution in [0.25, 0.3) is 11.1 Å². The fraction of sp³-hybridized carbons (Fsp3) is 0.125. The number of aryl methyl sites for hydroxylation is 2. The molecule has 0 N–H and O–H groups in total. The van der Waals surface area contributed by atoms with Gasteiger partial charge in [0.2, 0.25) is 0 Å². The highest BCUT2D eigenvalue weighted by atomic mass is 14.1. The van der Waals surface area contributed by atoms with Crippen LogP contribution in [0.3, 0.4) is 0 Å². The molecular formula is C32H30. The number of unbranched alkanes of at least 4 members (excludes halogenated alkanes) is 1. The van der Waals surface area contributed by atoms with Gasteiger partial charge in [0, 0.05) is 0 Å². The molecule has 4 rings (SSSR count). The third-order valence-corrected chi connectivity index (χ3v) is 6.03. The number of hydrogen-bond acceptors (Lipinski definition) is 0. The van der Waals surface area contributed by atoms with Crippen molar-refractivity contribution in [2.24, 2.45) is 0 Å². The van der Waals surface area contributed by atoms with Gasteiger partial charge in [-0.2, -0.15) is 0 Å². The van der Waals surface area contributed by atoms with Gasteiger partial charge in [0.15, 0.2) is 0 Å². The molecule has 0 saturated heterocycles. The predicted octanol–water partition coefficient (Wildman–Crippen LogP) is 8.38. The lowest BCUT2D eigenvalue weighted by Gasteiger charge is -2.09. The topological polar surface area (TPSA) is 0 Å².